The van der Waals surface area contributed by atoms with Gasteiger partial charge in [0.05, 0.1) is 35.2 Å². The van der Waals surface area contributed by atoms with E-state index in [2.05, 4.69) is 48.0 Å². The standard InChI is InChI=1S/C27H21F2N7S/c28-27(29)4-5-36(15-27)13-16-7-18(10-30-9-16)21-1-2-22-25(33-21)26(35-34-22)23-8-19-20(17-3-6-37-14-17)11-31-12-24(19)32-23/h1-3,6-12,14,32H,4-5,13,15H2,(H,34,35). The van der Waals surface area contributed by atoms with Crippen molar-refractivity contribution in [2.24, 2.45) is 0 Å². The zero-order valence-electron chi connectivity index (χ0n) is 19.6. The summed E-state index contributed by atoms with van der Waals surface area (Å²) in [7, 11) is 0. The highest BCUT2D eigenvalue weighted by atomic mass is 32.1. The van der Waals surface area contributed by atoms with E-state index < -0.39 is 5.92 Å². The minimum atomic E-state index is -2.61. The fourth-order valence-corrected chi connectivity index (χ4v) is 5.64. The van der Waals surface area contributed by atoms with E-state index in [1.165, 1.54) is 0 Å². The fourth-order valence-electron chi connectivity index (χ4n) is 4.99. The zero-order valence-corrected chi connectivity index (χ0v) is 20.4. The van der Waals surface area contributed by atoms with Gasteiger partial charge in [-0.25, -0.2) is 13.8 Å². The van der Waals surface area contributed by atoms with E-state index in [0.29, 0.717) is 18.8 Å². The normalized spacial score (nSPS) is 15.7. The highest BCUT2D eigenvalue weighted by molar-refractivity contribution is 7.08. The molecule has 0 atom stereocenters. The van der Waals surface area contributed by atoms with Gasteiger partial charge in [0.25, 0.3) is 5.92 Å². The summed E-state index contributed by atoms with van der Waals surface area (Å²) in [5.41, 5.74) is 8.69. The molecular weight excluding hydrogens is 492 g/mol. The molecule has 1 saturated heterocycles. The molecule has 0 radical (unpaired) electrons. The van der Waals surface area contributed by atoms with Gasteiger partial charge in [-0.3, -0.25) is 20.0 Å². The molecule has 0 aromatic carbocycles. The summed E-state index contributed by atoms with van der Waals surface area (Å²) in [5.74, 6) is -2.61. The molecule has 1 aliphatic heterocycles. The second-order valence-corrected chi connectivity index (χ2v) is 10.2. The number of H-pyrrole nitrogens is 2. The van der Waals surface area contributed by atoms with Crippen LogP contribution in [0.5, 0.6) is 0 Å². The Kier molecular flexibility index (Phi) is 5.12. The number of aromatic nitrogens is 6. The lowest BCUT2D eigenvalue weighted by atomic mass is 10.1. The number of hydrogen-bond donors (Lipinski definition) is 2. The van der Waals surface area contributed by atoms with Gasteiger partial charge in [-0.15, -0.1) is 0 Å². The molecule has 0 amide bonds. The first kappa shape index (κ1) is 22.2. The molecule has 0 saturated carbocycles. The number of hydrogen-bond acceptors (Lipinski definition) is 6. The van der Waals surface area contributed by atoms with Crippen LogP contribution in [0, 0.1) is 0 Å². The topological polar surface area (TPSA) is 86.4 Å². The van der Waals surface area contributed by atoms with Gasteiger partial charge in [-0.1, -0.05) is 0 Å². The number of nitrogens with one attached hydrogen (secondary N) is 2. The molecule has 1 aliphatic rings. The number of aromatic amines is 2. The van der Waals surface area contributed by atoms with Crippen LogP contribution in [0.25, 0.3) is 55.7 Å². The van der Waals surface area contributed by atoms with E-state index in [0.717, 1.165) is 55.6 Å². The van der Waals surface area contributed by atoms with Crippen LogP contribution in [0.3, 0.4) is 0 Å². The van der Waals surface area contributed by atoms with Gasteiger partial charge in [-0.2, -0.15) is 16.4 Å². The van der Waals surface area contributed by atoms with Crippen LogP contribution in [-0.2, 0) is 6.54 Å². The SMILES string of the molecule is FC1(F)CCN(Cc2cncc(-c3ccc4[nH]nc(-c5cc6c(-c7ccsc7)cncc6[nH]5)c4n3)c2)C1. The zero-order chi connectivity index (χ0) is 25.0. The Morgan fingerprint density at radius 2 is 1.92 bits per heavy atom. The smallest absolute Gasteiger partial charge is 0.261 e. The molecule has 2 N–H and O–H groups in total. The molecule has 184 valence electrons. The van der Waals surface area contributed by atoms with Crippen molar-refractivity contribution in [3.63, 3.8) is 0 Å². The highest BCUT2D eigenvalue weighted by Crippen LogP contribution is 2.34. The Balaban J connectivity index is 1.24. The molecule has 1 fully saturated rings. The maximum atomic E-state index is 13.6. The summed E-state index contributed by atoms with van der Waals surface area (Å²) in [6.07, 6.45) is 7.07. The highest BCUT2D eigenvalue weighted by Gasteiger charge is 2.37. The summed E-state index contributed by atoms with van der Waals surface area (Å²) >= 11 is 1.65. The predicted octanol–water partition coefficient (Wildman–Crippen LogP) is 6.13. The number of likely N-dealkylation sites (tertiary alicyclic amines) is 1. The Morgan fingerprint density at radius 3 is 2.76 bits per heavy atom. The first-order valence-electron chi connectivity index (χ1n) is 11.9. The summed E-state index contributed by atoms with van der Waals surface area (Å²) < 4.78 is 27.2. The van der Waals surface area contributed by atoms with Crippen molar-refractivity contribution in [2.45, 2.75) is 18.9 Å². The number of halogens is 2. The van der Waals surface area contributed by atoms with Crippen LogP contribution < -0.4 is 0 Å². The Morgan fingerprint density at radius 1 is 1.00 bits per heavy atom. The average molecular weight is 514 g/mol. The summed E-state index contributed by atoms with van der Waals surface area (Å²) in [6.45, 7) is 0.604. The fraction of sp³-hybridized carbons (Fsp3) is 0.185. The Bertz CT molecular complexity index is 1740. The molecule has 6 aromatic rings. The average Bonchev–Trinajstić information content (AvgIpc) is 3.69. The summed E-state index contributed by atoms with van der Waals surface area (Å²) in [4.78, 5) is 18.9. The van der Waals surface area contributed by atoms with Crippen LogP contribution in [-0.4, -0.2) is 54.0 Å². The van der Waals surface area contributed by atoms with Crippen molar-refractivity contribution in [2.75, 3.05) is 13.1 Å². The van der Waals surface area contributed by atoms with Crippen LogP contribution in [0.1, 0.15) is 12.0 Å². The molecule has 7 rings (SSSR count). The third-order valence-electron chi connectivity index (χ3n) is 6.79. The Labute approximate surface area is 214 Å². The van der Waals surface area contributed by atoms with Crippen molar-refractivity contribution in [3.05, 3.63) is 71.4 Å². The van der Waals surface area contributed by atoms with Crippen molar-refractivity contribution in [1.29, 1.82) is 0 Å². The minimum Gasteiger partial charge on any atom is -0.352 e. The summed E-state index contributed by atoms with van der Waals surface area (Å²) in [5, 5.41) is 12.9. The first-order valence-corrected chi connectivity index (χ1v) is 12.9. The second-order valence-electron chi connectivity index (χ2n) is 9.41. The lowest BCUT2D eigenvalue weighted by molar-refractivity contribution is 0.0115. The minimum absolute atomic E-state index is 0.0970. The number of fused-ring (bicyclic) bond motifs is 2. The summed E-state index contributed by atoms with van der Waals surface area (Å²) in [6, 6.07) is 10.0. The van der Waals surface area contributed by atoms with Gasteiger partial charge in [0.15, 0.2) is 0 Å². The van der Waals surface area contributed by atoms with E-state index in [4.69, 9.17) is 4.98 Å². The van der Waals surface area contributed by atoms with E-state index in [1.807, 2.05) is 30.6 Å². The van der Waals surface area contributed by atoms with Crippen LogP contribution >= 0.6 is 11.3 Å². The molecule has 37 heavy (non-hydrogen) atoms. The predicted molar refractivity (Wildman–Crippen MR) is 140 cm³/mol. The molecule has 0 spiro atoms. The van der Waals surface area contributed by atoms with Gasteiger partial charge in [-0.05, 0) is 52.2 Å². The number of pyridine rings is 3. The van der Waals surface area contributed by atoms with Gasteiger partial charge < -0.3 is 4.98 Å². The largest absolute Gasteiger partial charge is 0.352 e. The van der Waals surface area contributed by atoms with Crippen molar-refractivity contribution in [1.82, 2.24) is 35.0 Å². The monoisotopic (exact) mass is 513 g/mol. The van der Waals surface area contributed by atoms with Crippen molar-refractivity contribution >= 4 is 33.3 Å². The molecule has 0 bridgehead atoms. The van der Waals surface area contributed by atoms with E-state index in [9.17, 15) is 8.78 Å². The Hall–Kier alpha value is -4.02. The van der Waals surface area contributed by atoms with Gasteiger partial charge in [0.1, 0.15) is 11.2 Å². The van der Waals surface area contributed by atoms with Gasteiger partial charge >= 0.3 is 0 Å². The quantitative estimate of drug-likeness (QED) is 0.290. The number of nitrogens with zero attached hydrogens (tertiary/aromatic N) is 5. The number of rotatable bonds is 5. The lowest BCUT2D eigenvalue weighted by Gasteiger charge is -2.15. The maximum Gasteiger partial charge on any atom is 0.261 e. The molecule has 10 heteroatoms. The molecular formula is C27H21F2N7S. The van der Waals surface area contributed by atoms with Gasteiger partial charge in [0, 0.05) is 54.6 Å². The van der Waals surface area contributed by atoms with Gasteiger partial charge in [0.2, 0.25) is 0 Å². The van der Waals surface area contributed by atoms with Crippen molar-refractivity contribution in [3.8, 4) is 33.8 Å². The van der Waals surface area contributed by atoms with Crippen molar-refractivity contribution < 1.29 is 8.78 Å². The second kappa shape index (κ2) is 8.53. The molecule has 0 aliphatic carbocycles. The molecule has 7 nitrogen and oxygen atoms in total. The van der Waals surface area contributed by atoms with E-state index in [1.54, 1.807) is 28.6 Å². The van der Waals surface area contributed by atoms with Crippen LogP contribution in [0.15, 0.2) is 65.9 Å². The first-order chi connectivity index (χ1) is 18.0. The molecule has 6 aromatic heterocycles. The third-order valence-corrected chi connectivity index (χ3v) is 7.47. The third kappa shape index (κ3) is 4.08. The van der Waals surface area contributed by atoms with Crippen LogP contribution in [0.4, 0.5) is 8.78 Å². The number of thiophene rings is 1. The molecule has 7 heterocycles. The molecule has 0 unspecified atom stereocenters. The van der Waals surface area contributed by atoms with E-state index >= 15 is 0 Å². The van der Waals surface area contributed by atoms with E-state index in [-0.39, 0.29) is 13.0 Å². The lowest BCUT2D eigenvalue weighted by Crippen LogP contribution is -2.24. The van der Waals surface area contributed by atoms with Crippen LogP contribution in [0.2, 0.25) is 0 Å². The number of alkyl halides is 2. The maximum absolute atomic E-state index is 13.6.